The molecule has 2 aromatic carbocycles. The minimum Gasteiger partial charge on any atom is -0.332 e. The first-order valence-electron chi connectivity index (χ1n) is 6.60. The maximum atomic E-state index is 12.1. The van der Waals surface area contributed by atoms with Crippen LogP contribution in [0.4, 0.5) is 11.4 Å². The molecule has 1 amide bonds. The van der Waals surface area contributed by atoms with Gasteiger partial charge in [0.25, 0.3) is 11.6 Å². The molecular weight excluding hydrogens is 373 g/mol. The number of halogens is 2. The third kappa shape index (κ3) is 4.41. The summed E-state index contributed by atoms with van der Waals surface area (Å²) in [4.78, 5) is 22.6. The number of nitro groups is 1. The lowest BCUT2D eigenvalue weighted by Gasteiger charge is -2.11. The number of nitrogens with one attached hydrogen (secondary N) is 2. The molecule has 24 heavy (non-hydrogen) atoms. The highest BCUT2D eigenvalue weighted by Crippen LogP contribution is 2.23. The van der Waals surface area contributed by atoms with Crippen LogP contribution in [-0.4, -0.2) is 15.9 Å². The lowest BCUT2D eigenvalue weighted by molar-refractivity contribution is -0.385. The molecular formula is C15H11Cl2N3O3S. The van der Waals surface area contributed by atoms with Crippen LogP contribution in [0.25, 0.3) is 0 Å². The first kappa shape index (κ1) is 18.1. The molecule has 0 saturated carbocycles. The van der Waals surface area contributed by atoms with Crippen LogP contribution in [0.2, 0.25) is 10.0 Å². The van der Waals surface area contributed by atoms with Gasteiger partial charge in [-0.15, -0.1) is 0 Å². The molecule has 2 N–H and O–H groups in total. The topological polar surface area (TPSA) is 84.3 Å². The van der Waals surface area contributed by atoms with Crippen LogP contribution in [0.15, 0.2) is 36.4 Å². The molecule has 0 aliphatic heterocycles. The van der Waals surface area contributed by atoms with E-state index in [2.05, 4.69) is 10.6 Å². The van der Waals surface area contributed by atoms with Crippen LogP contribution in [0.3, 0.4) is 0 Å². The Bertz CT molecular complexity index is 843. The molecule has 2 aromatic rings. The third-order valence-corrected chi connectivity index (χ3v) is 3.82. The SMILES string of the molecule is Cc1ccc(NC(=S)NC(=O)c2ccc(Cl)cc2Cl)cc1[N+](=O)[O-]. The molecule has 0 aliphatic carbocycles. The number of hydrogen-bond acceptors (Lipinski definition) is 4. The van der Waals surface area contributed by atoms with E-state index < -0.39 is 10.8 Å². The zero-order chi connectivity index (χ0) is 17.9. The van der Waals surface area contributed by atoms with Gasteiger partial charge in [0.05, 0.1) is 15.5 Å². The Balaban J connectivity index is 2.09. The van der Waals surface area contributed by atoms with E-state index in [1.165, 1.54) is 24.3 Å². The summed E-state index contributed by atoms with van der Waals surface area (Å²) in [6.45, 7) is 1.63. The summed E-state index contributed by atoms with van der Waals surface area (Å²) in [6.07, 6.45) is 0. The van der Waals surface area contributed by atoms with E-state index >= 15 is 0 Å². The van der Waals surface area contributed by atoms with Crippen LogP contribution in [-0.2, 0) is 0 Å². The number of aryl methyl sites for hydroxylation is 1. The molecule has 0 aromatic heterocycles. The molecule has 0 unspecified atom stereocenters. The summed E-state index contributed by atoms with van der Waals surface area (Å²) >= 11 is 16.8. The summed E-state index contributed by atoms with van der Waals surface area (Å²) in [6, 6.07) is 8.99. The number of rotatable bonds is 3. The number of nitro benzene ring substituents is 1. The van der Waals surface area contributed by atoms with E-state index in [-0.39, 0.29) is 21.4 Å². The van der Waals surface area contributed by atoms with Crippen molar-refractivity contribution in [1.29, 1.82) is 0 Å². The zero-order valence-corrected chi connectivity index (χ0v) is 14.6. The van der Waals surface area contributed by atoms with Crippen molar-refractivity contribution in [3.05, 3.63) is 67.7 Å². The number of thiocarbonyl (C=S) groups is 1. The molecule has 0 fully saturated rings. The summed E-state index contributed by atoms with van der Waals surface area (Å²) in [7, 11) is 0. The number of hydrogen-bond donors (Lipinski definition) is 2. The maximum Gasteiger partial charge on any atom is 0.274 e. The van der Waals surface area contributed by atoms with E-state index in [1.807, 2.05) is 0 Å². The number of benzene rings is 2. The van der Waals surface area contributed by atoms with Crippen LogP contribution in [0.5, 0.6) is 0 Å². The van der Waals surface area contributed by atoms with Gasteiger partial charge in [-0.3, -0.25) is 20.2 Å². The van der Waals surface area contributed by atoms with E-state index in [1.54, 1.807) is 19.1 Å². The predicted molar refractivity (Wildman–Crippen MR) is 98.0 cm³/mol. The lowest BCUT2D eigenvalue weighted by Crippen LogP contribution is -2.34. The number of anilines is 1. The summed E-state index contributed by atoms with van der Waals surface area (Å²) in [5.41, 5.74) is 1.07. The second-order valence-corrected chi connectivity index (χ2v) is 6.04. The smallest absolute Gasteiger partial charge is 0.274 e. The normalized spacial score (nSPS) is 10.1. The van der Waals surface area contributed by atoms with Gasteiger partial charge in [0.2, 0.25) is 0 Å². The fraction of sp³-hybridized carbons (Fsp3) is 0.0667. The molecule has 0 spiro atoms. The molecule has 0 aliphatic rings. The van der Waals surface area contributed by atoms with Gasteiger partial charge >= 0.3 is 0 Å². The van der Waals surface area contributed by atoms with E-state index in [0.717, 1.165) is 0 Å². The molecule has 0 bridgehead atoms. The molecule has 0 radical (unpaired) electrons. The average molecular weight is 384 g/mol. The van der Waals surface area contributed by atoms with Gasteiger partial charge in [0.1, 0.15) is 0 Å². The Hall–Kier alpha value is -2.22. The molecule has 2 rings (SSSR count). The predicted octanol–water partition coefficient (Wildman–Crippen LogP) is 4.34. The van der Waals surface area contributed by atoms with Gasteiger partial charge in [-0.2, -0.15) is 0 Å². The monoisotopic (exact) mass is 383 g/mol. The van der Waals surface area contributed by atoms with Crippen molar-refractivity contribution in [2.24, 2.45) is 0 Å². The molecule has 0 saturated heterocycles. The van der Waals surface area contributed by atoms with Gasteiger partial charge in [-0.05, 0) is 43.4 Å². The Morgan fingerprint density at radius 2 is 1.92 bits per heavy atom. The van der Waals surface area contributed by atoms with Crippen molar-refractivity contribution in [1.82, 2.24) is 5.32 Å². The van der Waals surface area contributed by atoms with E-state index in [0.29, 0.717) is 16.3 Å². The minimum absolute atomic E-state index is 0.0100. The fourth-order valence-electron chi connectivity index (χ4n) is 1.89. The van der Waals surface area contributed by atoms with Crippen molar-refractivity contribution in [3.8, 4) is 0 Å². The Kier molecular flexibility index (Phi) is 5.71. The van der Waals surface area contributed by atoms with Crippen LogP contribution < -0.4 is 10.6 Å². The minimum atomic E-state index is -0.518. The summed E-state index contributed by atoms with van der Waals surface area (Å²) in [5, 5.41) is 16.7. The van der Waals surface area contributed by atoms with Crippen molar-refractivity contribution < 1.29 is 9.72 Å². The highest BCUT2D eigenvalue weighted by molar-refractivity contribution is 7.80. The van der Waals surface area contributed by atoms with Crippen molar-refractivity contribution in [3.63, 3.8) is 0 Å². The molecule has 0 heterocycles. The lowest BCUT2D eigenvalue weighted by atomic mass is 10.2. The number of carbonyl (C=O) groups excluding carboxylic acids is 1. The molecule has 6 nitrogen and oxygen atoms in total. The maximum absolute atomic E-state index is 12.1. The summed E-state index contributed by atoms with van der Waals surface area (Å²) in [5.74, 6) is -0.518. The number of carbonyl (C=O) groups is 1. The molecule has 9 heteroatoms. The fourth-order valence-corrected chi connectivity index (χ4v) is 2.60. The number of amides is 1. The number of nitrogens with zero attached hydrogens (tertiary/aromatic N) is 1. The average Bonchev–Trinajstić information content (AvgIpc) is 2.48. The first-order valence-corrected chi connectivity index (χ1v) is 7.77. The second kappa shape index (κ2) is 7.57. The van der Waals surface area contributed by atoms with Crippen molar-refractivity contribution >= 4 is 57.8 Å². The van der Waals surface area contributed by atoms with E-state index in [9.17, 15) is 14.9 Å². The quantitative estimate of drug-likeness (QED) is 0.467. The molecule has 124 valence electrons. The third-order valence-electron chi connectivity index (χ3n) is 3.07. The van der Waals surface area contributed by atoms with Crippen LogP contribution >= 0.6 is 35.4 Å². The van der Waals surface area contributed by atoms with Crippen LogP contribution in [0.1, 0.15) is 15.9 Å². The molecule has 0 atom stereocenters. The Morgan fingerprint density at radius 3 is 2.54 bits per heavy atom. The van der Waals surface area contributed by atoms with Gasteiger partial charge in [0.15, 0.2) is 5.11 Å². The highest BCUT2D eigenvalue weighted by Gasteiger charge is 2.14. The van der Waals surface area contributed by atoms with Crippen molar-refractivity contribution in [2.45, 2.75) is 6.92 Å². The van der Waals surface area contributed by atoms with Gasteiger partial charge in [0, 0.05) is 22.3 Å². The second-order valence-electron chi connectivity index (χ2n) is 4.79. The van der Waals surface area contributed by atoms with E-state index in [4.69, 9.17) is 35.4 Å². The summed E-state index contributed by atoms with van der Waals surface area (Å²) < 4.78 is 0. The van der Waals surface area contributed by atoms with Crippen molar-refractivity contribution in [2.75, 3.05) is 5.32 Å². The van der Waals surface area contributed by atoms with Crippen LogP contribution in [0, 0.1) is 17.0 Å². The Morgan fingerprint density at radius 1 is 1.21 bits per heavy atom. The van der Waals surface area contributed by atoms with Gasteiger partial charge in [-0.1, -0.05) is 29.3 Å². The van der Waals surface area contributed by atoms with Gasteiger partial charge < -0.3 is 5.32 Å². The Labute approximate surface area is 152 Å². The zero-order valence-electron chi connectivity index (χ0n) is 12.3. The highest BCUT2D eigenvalue weighted by atomic mass is 35.5. The standard InChI is InChI=1S/C15H11Cl2N3O3S/c1-8-2-4-10(7-13(8)20(22)23)18-15(24)19-14(21)11-5-3-9(16)6-12(11)17/h2-7H,1H3,(H2,18,19,21,24). The largest absolute Gasteiger partial charge is 0.332 e. The van der Waals surface area contributed by atoms with Gasteiger partial charge in [-0.25, -0.2) is 0 Å². The first-order chi connectivity index (χ1) is 11.3.